The standard InChI is InChI=1S/C22H24N2O3/c1-3-27-21-7-5-4-6-20(21)24-22(25)14-8-10-18-16(12-14)17-13-15(26-2)9-11-19(17)23-18/h4-7,9,11,13-14,23H,3,8,10,12H2,1-2H3,(H,24,25). The number of ether oxygens (including phenoxy) is 2. The minimum Gasteiger partial charge on any atom is -0.497 e. The minimum atomic E-state index is -0.0580. The molecular weight excluding hydrogens is 340 g/mol. The molecule has 2 aromatic carbocycles. The van der Waals surface area contributed by atoms with Gasteiger partial charge in [0.2, 0.25) is 5.91 Å². The van der Waals surface area contributed by atoms with Crippen LogP contribution in [0.1, 0.15) is 24.6 Å². The van der Waals surface area contributed by atoms with Crippen LogP contribution in [0, 0.1) is 5.92 Å². The number of hydrogen-bond acceptors (Lipinski definition) is 3. The van der Waals surface area contributed by atoms with Crippen molar-refractivity contribution in [3.63, 3.8) is 0 Å². The number of anilines is 1. The van der Waals surface area contributed by atoms with E-state index in [0.717, 1.165) is 41.6 Å². The first-order valence-electron chi connectivity index (χ1n) is 9.39. The van der Waals surface area contributed by atoms with Gasteiger partial charge in [-0.15, -0.1) is 0 Å². The fourth-order valence-electron chi connectivity index (χ4n) is 3.83. The number of para-hydroxylation sites is 2. The third-order valence-corrected chi connectivity index (χ3v) is 5.21. The van der Waals surface area contributed by atoms with Gasteiger partial charge < -0.3 is 19.8 Å². The predicted molar refractivity (Wildman–Crippen MR) is 107 cm³/mol. The molecule has 140 valence electrons. The lowest BCUT2D eigenvalue weighted by atomic mass is 9.85. The van der Waals surface area contributed by atoms with Gasteiger partial charge in [0.25, 0.3) is 0 Å². The Morgan fingerprint density at radius 2 is 2.11 bits per heavy atom. The van der Waals surface area contributed by atoms with E-state index in [2.05, 4.69) is 16.4 Å². The van der Waals surface area contributed by atoms with Gasteiger partial charge in [-0.3, -0.25) is 4.79 Å². The first kappa shape index (κ1) is 17.5. The lowest BCUT2D eigenvalue weighted by Gasteiger charge is -2.22. The normalized spacial score (nSPS) is 16.0. The van der Waals surface area contributed by atoms with Crippen molar-refractivity contribution in [2.24, 2.45) is 5.92 Å². The van der Waals surface area contributed by atoms with Crippen LogP contribution in [0.5, 0.6) is 11.5 Å². The van der Waals surface area contributed by atoms with Crippen LogP contribution in [0.3, 0.4) is 0 Å². The summed E-state index contributed by atoms with van der Waals surface area (Å²) >= 11 is 0. The Morgan fingerprint density at radius 3 is 2.93 bits per heavy atom. The Labute approximate surface area is 158 Å². The monoisotopic (exact) mass is 364 g/mol. The highest BCUT2D eigenvalue weighted by atomic mass is 16.5. The van der Waals surface area contributed by atoms with E-state index in [0.29, 0.717) is 12.4 Å². The highest BCUT2D eigenvalue weighted by molar-refractivity contribution is 5.95. The first-order chi connectivity index (χ1) is 13.2. The van der Waals surface area contributed by atoms with Gasteiger partial charge in [0.05, 0.1) is 19.4 Å². The summed E-state index contributed by atoms with van der Waals surface area (Å²) in [6, 6.07) is 13.6. The zero-order chi connectivity index (χ0) is 18.8. The molecule has 1 aromatic heterocycles. The van der Waals surface area contributed by atoms with Crippen LogP contribution in [-0.4, -0.2) is 24.6 Å². The summed E-state index contributed by atoms with van der Waals surface area (Å²) < 4.78 is 11.0. The molecule has 5 heteroatoms. The maximum absolute atomic E-state index is 12.9. The lowest BCUT2D eigenvalue weighted by molar-refractivity contribution is -0.120. The van der Waals surface area contributed by atoms with Crippen molar-refractivity contribution in [2.75, 3.05) is 19.0 Å². The summed E-state index contributed by atoms with van der Waals surface area (Å²) in [5, 5.41) is 4.21. The number of nitrogens with one attached hydrogen (secondary N) is 2. The number of H-pyrrole nitrogens is 1. The summed E-state index contributed by atoms with van der Waals surface area (Å²) in [5.74, 6) is 1.53. The van der Waals surface area contributed by atoms with E-state index in [1.165, 1.54) is 11.3 Å². The molecule has 1 atom stereocenters. The summed E-state index contributed by atoms with van der Waals surface area (Å²) in [6.45, 7) is 2.50. The average molecular weight is 364 g/mol. The molecule has 1 aliphatic carbocycles. The van der Waals surface area contributed by atoms with Gasteiger partial charge in [0.1, 0.15) is 11.5 Å². The highest BCUT2D eigenvalue weighted by Gasteiger charge is 2.28. The SMILES string of the molecule is CCOc1ccccc1NC(=O)C1CCc2[nH]c3ccc(OC)cc3c2C1. The Morgan fingerprint density at radius 1 is 1.26 bits per heavy atom. The second-order valence-corrected chi connectivity index (χ2v) is 6.85. The summed E-state index contributed by atoms with van der Waals surface area (Å²) in [7, 11) is 1.67. The predicted octanol–water partition coefficient (Wildman–Crippen LogP) is 4.32. The third-order valence-electron chi connectivity index (χ3n) is 5.21. The van der Waals surface area contributed by atoms with Gasteiger partial charge in [-0.25, -0.2) is 0 Å². The van der Waals surface area contributed by atoms with E-state index in [9.17, 15) is 4.79 Å². The minimum absolute atomic E-state index is 0.0463. The molecule has 0 spiro atoms. The molecule has 0 aliphatic heterocycles. The second kappa shape index (κ2) is 7.35. The average Bonchev–Trinajstić information content (AvgIpc) is 3.06. The number of aromatic nitrogens is 1. The van der Waals surface area contributed by atoms with Gasteiger partial charge in [-0.05, 0) is 62.1 Å². The molecule has 5 nitrogen and oxygen atoms in total. The molecule has 1 heterocycles. The van der Waals surface area contributed by atoms with Gasteiger partial charge in [0.15, 0.2) is 0 Å². The molecule has 0 saturated carbocycles. The van der Waals surface area contributed by atoms with Crippen molar-refractivity contribution < 1.29 is 14.3 Å². The first-order valence-corrected chi connectivity index (χ1v) is 9.39. The fraction of sp³-hybridized carbons (Fsp3) is 0.318. The molecule has 1 aliphatic rings. The smallest absolute Gasteiger partial charge is 0.227 e. The second-order valence-electron chi connectivity index (χ2n) is 6.85. The number of carbonyl (C=O) groups is 1. The summed E-state index contributed by atoms with van der Waals surface area (Å²) in [4.78, 5) is 16.4. The number of aromatic amines is 1. The highest BCUT2D eigenvalue weighted by Crippen LogP contribution is 2.34. The summed E-state index contributed by atoms with van der Waals surface area (Å²) in [5.41, 5.74) is 4.30. The van der Waals surface area contributed by atoms with Crippen molar-refractivity contribution in [2.45, 2.75) is 26.2 Å². The van der Waals surface area contributed by atoms with Crippen LogP contribution in [-0.2, 0) is 17.6 Å². The molecular formula is C22H24N2O3. The number of aryl methyl sites for hydroxylation is 1. The molecule has 1 amide bonds. The third kappa shape index (κ3) is 3.37. The van der Waals surface area contributed by atoms with Crippen molar-refractivity contribution >= 4 is 22.5 Å². The Kier molecular flexibility index (Phi) is 4.75. The molecule has 0 fully saturated rings. The van der Waals surface area contributed by atoms with E-state index in [1.54, 1.807) is 7.11 Å². The van der Waals surface area contributed by atoms with Gasteiger partial charge >= 0.3 is 0 Å². The fourth-order valence-corrected chi connectivity index (χ4v) is 3.83. The lowest BCUT2D eigenvalue weighted by Crippen LogP contribution is -2.28. The van der Waals surface area contributed by atoms with Crippen molar-refractivity contribution in [3.05, 3.63) is 53.7 Å². The summed E-state index contributed by atoms with van der Waals surface area (Å²) in [6.07, 6.45) is 2.43. The van der Waals surface area contributed by atoms with E-state index in [4.69, 9.17) is 9.47 Å². The topological polar surface area (TPSA) is 63.3 Å². The number of amides is 1. The molecule has 0 radical (unpaired) electrons. The van der Waals surface area contributed by atoms with Gasteiger partial charge in [-0.2, -0.15) is 0 Å². The molecule has 2 N–H and O–H groups in total. The maximum Gasteiger partial charge on any atom is 0.227 e. The van der Waals surface area contributed by atoms with E-state index in [1.807, 2.05) is 43.3 Å². The zero-order valence-electron chi connectivity index (χ0n) is 15.7. The molecule has 1 unspecified atom stereocenters. The van der Waals surface area contributed by atoms with E-state index >= 15 is 0 Å². The number of hydrogen-bond donors (Lipinski definition) is 2. The van der Waals surface area contributed by atoms with Crippen molar-refractivity contribution in [1.29, 1.82) is 0 Å². The Balaban J connectivity index is 1.56. The molecule has 0 bridgehead atoms. The van der Waals surface area contributed by atoms with Crippen LogP contribution in [0.2, 0.25) is 0 Å². The Hall–Kier alpha value is -2.95. The van der Waals surface area contributed by atoms with Gasteiger partial charge in [0, 0.05) is 22.5 Å². The number of methoxy groups -OCH3 is 1. The van der Waals surface area contributed by atoms with E-state index in [-0.39, 0.29) is 11.8 Å². The van der Waals surface area contributed by atoms with E-state index < -0.39 is 0 Å². The quantitative estimate of drug-likeness (QED) is 0.709. The number of fused-ring (bicyclic) bond motifs is 3. The van der Waals surface area contributed by atoms with Crippen molar-refractivity contribution in [1.82, 2.24) is 4.98 Å². The van der Waals surface area contributed by atoms with Gasteiger partial charge in [-0.1, -0.05) is 12.1 Å². The number of rotatable bonds is 5. The number of carbonyl (C=O) groups excluding carboxylic acids is 1. The molecule has 4 rings (SSSR count). The maximum atomic E-state index is 12.9. The Bertz CT molecular complexity index is 977. The van der Waals surface area contributed by atoms with Crippen LogP contribution >= 0.6 is 0 Å². The van der Waals surface area contributed by atoms with Crippen molar-refractivity contribution in [3.8, 4) is 11.5 Å². The number of benzene rings is 2. The zero-order valence-corrected chi connectivity index (χ0v) is 15.7. The van der Waals surface area contributed by atoms with Crippen LogP contribution in [0.4, 0.5) is 5.69 Å². The van der Waals surface area contributed by atoms with Crippen LogP contribution in [0.25, 0.3) is 10.9 Å². The molecule has 0 saturated heterocycles. The molecule has 27 heavy (non-hydrogen) atoms. The van der Waals surface area contributed by atoms with Crippen LogP contribution in [0.15, 0.2) is 42.5 Å². The molecule has 3 aromatic rings. The van der Waals surface area contributed by atoms with Crippen LogP contribution < -0.4 is 14.8 Å². The largest absolute Gasteiger partial charge is 0.497 e.